The van der Waals surface area contributed by atoms with E-state index >= 15 is 0 Å². The number of rotatable bonds is 7. The maximum Gasteiger partial charge on any atom is 0.416 e. The summed E-state index contributed by atoms with van der Waals surface area (Å²) in [6.45, 7) is 2.07. The largest absolute Gasteiger partial charge is 0.487 e. The minimum atomic E-state index is -4.42. The predicted molar refractivity (Wildman–Crippen MR) is 98.6 cm³/mol. The third-order valence-corrected chi connectivity index (χ3v) is 4.59. The van der Waals surface area contributed by atoms with Crippen LogP contribution >= 0.6 is 0 Å². The van der Waals surface area contributed by atoms with E-state index in [-0.39, 0.29) is 36.2 Å². The average Bonchev–Trinajstić information content (AvgIpc) is 3.50. The number of nitrogens with zero attached hydrogens (tertiary/aromatic N) is 2. The molecule has 9 heteroatoms. The first-order valence-corrected chi connectivity index (χ1v) is 9.09. The number of alkyl halides is 3. The van der Waals surface area contributed by atoms with Gasteiger partial charge in [-0.25, -0.2) is 0 Å². The summed E-state index contributed by atoms with van der Waals surface area (Å²) >= 11 is 0. The van der Waals surface area contributed by atoms with E-state index in [0.717, 1.165) is 25.0 Å². The first kappa shape index (κ1) is 20.6. The summed E-state index contributed by atoms with van der Waals surface area (Å²) in [5.41, 5.74) is -0.367. The summed E-state index contributed by atoms with van der Waals surface area (Å²) in [4.78, 5) is 25.2. The highest BCUT2D eigenvalue weighted by molar-refractivity contribution is 5.95. The molecule has 29 heavy (non-hydrogen) atoms. The zero-order valence-corrected chi connectivity index (χ0v) is 15.6. The molecule has 1 saturated carbocycles. The molecule has 6 nitrogen and oxygen atoms in total. The van der Waals surface area contributed by atoms with Crippen LogP contribution in [0.15, 0.2) is 42.5 Å². The van der Waals surface area contributed by atoms with E-state index in [1.54, 1.807) is 11.8 Å². The molecule has 0 heterocycles. The van der Waals surface area contributed by atoms with Gasteiger partial charge in [-0.15, -0.1) is 0 Å². The molecular weight excluding hydrogens is 389 g/mol. The molecule has 1 aliphatic carbocycles. The van der Waals surface area contributed by atoms with Crippen molar-refractivity contribution in [1.82, 2.24) is 4.90 Å². The van der Waals surface area contributed by atoms with Gasteiger partial charge in [0.2, 0.25) is 0 Å². The normalized spacial score (nSPS) is 13.8. The number of amides is 1. The summed E-state index contributed by atoms with van der Waals surface area (Å²) in [6, 6.07) is 8.63. The summed E-state index contributed by atoms with van der Waals surface area (Å²) in [7, 11) is 0. The lowest BCUT2D eigenvalue weighted by molar-refractivity contribution is -0.385. The van der Waals surface area contributed by atoms with Crippen molar-refractivity contribution < 1.29 is 27.6 Å². The van der Waals surface area contributed by atoms with E-state index in [9.17, 15) is 28.1 Å². The molecule has 0 unspecified atom stereocenters. The van der Waals surface area contributed by atoms with Crippen molar-refractivity contribution in [2.45, 2.75) is 38.5 Å². The van der Waals surface area contributed by atoms with Gasteiger partial charge in [0.25, 0.3) is 5.91 Å². The molecule has 2 aromatic rings. The fourth-order valence-corrected chi connectivity index (χ4v) is 2.99. The van der Waals surface area contributed by atoms with Crippen LogP contribution in [0.25, 0.3) is 0 Å². The molecule has 3 rings (SSSR count). The Morgan fingerprint density at radius 3 is 2.38 bits per heavy atom. The summed E-state index contributed by atoms with van der Waals surface area (Å²) in [5.74, 6) is -0.326. The lowest BCUT2D eigenvalue weighted by atomic mass is 10.1. The maximum absolute atomic E-state index is 13.0. The highest BCUT2D eigenvalue weighted by Crippen LogP contribution is 2.34. The number of halogens is 3. The molecule has 0 radical (unpaired) electrons. The SMILES string of the molecule is CCOc1ccc(C(=O)N(Cc2ccc(C(F)(F)F)cc2)C2CC2)cc1[N+](=O)[O-]. The highest BCUT2D eigenvalue weighted by atomic mass is 19.4. The molecule has 1 amide bonds. The Bertz CT molecular complexity index is 909. The van der Waals surface area contributed by atoms with E-state index < -0.39 is 22.6 Å². The van der Waals surface area contributed by atoms with Crippen LogP contribution in [0.5, 0.6) is 5.75 Å². The highest BCUT2D eigenvalue weighted by Gasteiger charge is 2.34. The van der Waals surface area contributed by atoms with Crippen LogP contribution in [-0.4, -0.2) is 28.4 Å². The average molecular weight is 408 g/mol. The molecule has 1 fully saturated rings. The number of benzene rings is 2. The van der Waals surface area contributed by atoms with Crippen molar-refractivity contribution in [1.29, 1.82) is 0 Å². The first-order chi connectivity index (χ1) is 13.7. The van der Waals surface area contributed by atoms with Crippen LogP contribution in [-0.2, 0) is 12.7 Å². The fourth-order valence-electron chi connectivity index (χ4n) is 2.99. The number of carbonyl (C=O) groups is 1. The standard InChI is InChI=1S/C20H19F3N2O4/c1-2-29-18-10-5-14(11-17(18)25(27)28)19(26)24(16-8-9-16)12-13-3-6-15(7-4-13)20(21,22)23/h3-7,10-11,16H,2,8-9,12H2,1H3. The molecule has 0 spiro atoms. The van der Waals surface area contributed by atoms with Crippen LogP contribution in [0.3, 0.4) is 0 Å². The van der Waals surface area contributed by atoms with Crippen molar-refractivity contribution in [3.8, 4) is 5.75 Å². The van der Waals surface area contributed by atoms with E-state index in [1.807, 2.05) is 0 Å². The molecular formula is C20H19F3N2O4. The van der Waals surface area contributed by atoms with Gasteiger partial charge in [-0.05, 0) is 49.6 Å². The Morgan fingerprint density at radius 1 is 1.21 bits per heavy atom. The van der Waals surface area contributed by atoms with E-state index in [1.165, 1.54) is 30.3 Å². The number of hydrogen-bond donors (Lipinski definition) is 0. The second-order valence-corrected chi connectivity index (χ2v) is 6.73. The maximum atomic E-state index is 13.0. The molecule has 0 bridgehead atoms. The summed E-state index contributed by atoms with van der Waals surface area (Å²) in [5, 5.41) is 11.3. The van der Waals surface area contributed by atoms with Crippen LogP contribution < -0.4 is 4.74 Å². The number of nitro benzene ring substituents is 1. The summed E-state index contributed by atoms with van der Waals surface area (Å²) in [6.07, 6.45) is -2.86. The molecule has 0 saturated heterocycles. The summed E-state index contributed by atoms with van der Waals surface area (Å²) < 4.78 is 43.4. The van der Waals surface area contributed by atoms with Gasteiger partial charge in [-0.2, -0.15) is 13.2 Å². The topological polar surface area (TPSA) is 72.7 Å². The molecule has 1 aliphatic rings. The number of nitro groups is 1. The van der Waals surface area contributed by atoms with Gasteiger partial charge >= 0.3 is 11.9 Å². The van der Waals surface area contributed by atoms with Crippen molar-refractivity contribution in [3.05, 3.63) is 69.3 Å². The second-order valence-electron chi connectivity index (χ2n) is 6.73. The molecule has 0 atom stereocenters. The van der Waals surface area contributed by atoms with Crippen LogP contribution in [0.4, 0.5) is 18.9 Å². The lowest BCUT2D eigenvalue weighted by Gasteiger charge is -2.23. The molecule has 0 N–H and O–H groups in total. The van der Waals surface area contributed by atoms with E-state index in [4.69, 9.17) is 4.74 Å². The minimum Gasteiger partial charge on any atom is -0.487 e. The Labute approximate surface area is 165 Å². The molecule has 2 aromatic carbocycles. The smallest absolute Gasteiger partial charge is 0.416 e. The number of hydrogen-bond acceptors (Lipinski definition) is 4. The third-order valence-electron chi connectivity index (χ3n) is 4.59. The quantitative estimate of drug-likeness (QED) is 0.487. The van der Waals surface area contributed by atoms with Crippen molar-refractivity contribution in [2.24, 2.45) is 0 Å². The fraction of sp³-hybridized carbons (Fsp3) is 0.350. The van der Waals surface area contributed by atoms with Crippen LogP contribution in [0, 0.1) is 10.1 Å². The Balaban J connectivity index is 1.83. The number of carbonyl (C=O) groups excluding carboxylic acids is 1. The first-order valence-electron chi connectivity index (χ1n) is 9.09. The predicted octanol–water partition coefficient (Wildman–Crippen LogP) is 4.82. The van der Waals surface area contributed by atoms with Crippen LogP contribution in [0.1, 0.15) is 41.3 Å². The Morgan fingerprint density at radius 2 is 1.86 bits per heavy atom. The molecule has 0 aromatic heterocycles. The van der Waals surface area contributed by atoms with Crippen molar-refractivity contribution >= 4 is 11.6 Å². The van der Waals surface area contributed by atoms with E-state index in [0.29, 0.717) is 5.56 Å². The molecule has 0 aliphatic heterocycles. The van der Waals surface area contributed by atoms with Gasteiger partial charge in [0.1, 0.15) is 0 Å². The third kappa shape index (κ3) is 4.85. The second kappa shape index (κ2) is 8.10. The van der Waals surface area contributed by atoms with Gasteiger partial charge in [0.15, 0.2) is 5.75 Å². The minimum absolute atomic E-state index is 0.0320. The van der Waals surface area contributed by atoms with Crippen LogP contribution in [0.2, 0.25) is 0 Å². The number of ether oxygens (including phenoxy) is 1. The Kier molecular flexibility index (Phi) is 5.76. The van der Waals surface area contributed by atoms with Crippen molar-refractivity contribution in [3.63, 3.8) is 0 Å². The zero-order chi connectivity index (χ0) is 21.2. The van der Waals surface area contributed by atoms with Gasteiger partial charge < -0.3 is 9.64 Å². The lowest BCUT2D eigenvalue weighted by Crippen LogP contribution is -2.32. The van der Waals surface area contributed by atoms with Crippen molar-refractivity contribution in [2.75, 3.05) is 6.61 Å². The molecule has 154 valence electrons. The van der Waals surface area contributed by atoms with E-state index in [2.05, 4.69) is 0 Å². The Hall–Kier alpha value is -3.10. The van der Waals surface area contributed by atoms with Gasteiger partial charge in [-0.3, -0.25) is 14.9 Å². The monoisotopic (exact) mass is 408 g/mol. The van der Waals surface area contributed by atoms with Gasteiger partial charge in [0.05, 0.1) is 17.1 Å². The zero-order valence-electron chi connectivity index (χ0n) is 15.6. The van der Waals surface area contributed by atoms with Gasteiger partial charge in [0, 0.05) is 24.2 Å². The van der Waals surface area contributed by atoms with Gasteiger partial charge in [-0.1, -0.05) is 12.1 Å².